The summed E-state index contributed by atoms with van der Waals surface area (Å²) in [6, 6.07) is 1.75. The van der Waals surface area contributed by atoms with E-state index in [1.54, 1.807) is 11.4 Å². The summed E-state index contributed by atoms with van der Waals surface area (Å²) >= 11 is 4.48. The summed E-state index contributed by atoms with van der Waals surface area (Å²) in [7, 11) is -3.34. The predicted octanol–water partition coefficient (Wildman–Crippen LogP) is 2.98. The first-order valence-corrected chi connectivity index (χ1v) is 8.31. The quantitative estimate of drug-likeness (QED) is 0.925. The van der Waals surface area contributed by atoms with Crippen molar-refractivity contribution in [2.75, 3.05) is 6.54 Å². The van der Waals surface area contributed by atoms with Gasteiger partial charge in [0.05, 0.1) is 0 Å². The second kappa shape index (κ2) is 4.40. The molecule has 0 aliphatic heterocycles. The fourth-order valence-corrected chi connectivity index (χ4v) is 5.34. The molecule has 16 heavy (non-hydrogen) atoms. The van der Waals surface area contributed by atoms with Crippen LogP contribution in [0.1, 0.15) is 26.2 Å². The van der Waals surface area contributed by atoms with Crippen LogP contribution in [0.4, 0.5) is 0 Å². The van der Waals surface area contributed by atoms with E-state index in [4.69, 9.17) is 0 Å². The van der Waals surface area contributed by atoms with Crippen LogP contribution in [0.15, 0.2) is 20.1 Å². The van der Waals surface area contributed by atoms with Crippen LogP contribution >= 0.6 is 27.3 Å². The SMILES string of the molecule is CC1(CNS(=O)(=O)c2sccc2Br)CCC1. The van der Waals surface area contributed by atoms with E-state index in [1.807, 2.05) is 0 Å². The Morgan fingerprint density at radius 2 is 2.25 bits per heavy atom. The summed E-state index contributed by atoms with van der Waals surface area (Å²) in [4.78, 5) is 0. The Bertz CT molecular complexity index is 477. The molecule has 0 radical (unpaired) electrons. The zero-order valence-electron chi connectivity index (χ0n) is 8.99. The average Bonchev–Trinajstić information content (AvgIpc) is 2.59. The standard InChI is InChI=1S/C10H14BrNO2S2/c1-10(4-2-5-10)7-12-16(13,14)9-8(11)3-6-15-9/h3,6,12H,2,4-5,7H2,1H3. The largest absolute Gasteiger partial charge is 0.251 e. The van der Waals surface area contributed by atoms with Gasteiger partial charge in [-0.05, 0) is 45.6 Å². The van der Waals surface area contributed by atoms with Crippen molar-refractivity contribution in [3.05, 3.63) is 15.9 Å². The molecule has 0 saturated heterocycles. The summed E-state index contributed by atoms with van der Waals surface area (Å²) in [6.45, 7) is 2.67. The van der Waals surface area contributed by atoms with Crippen molar-refractivity contribution >= 4 is 37.3 Å². The first-order chi connectivity index (χ1) is 7.43. The number of sulfonamides is 1. The molecule has 6 heteroatoms. The van der Waals surface area contributed by atoms with Crippen molar-refractivity contribution in [2.45, 2.75) is 30.4 Å². The minimum Gasteiger partial charge on any atom is -0.210 e. The van der Waals surface area contributed by atoms with E-state index in [0.29, 0.717) is 15.2 Å². The molecule has 1 aromatic rings. The van der Waals surface area contributed by atoms with Gasteiger partial charge in [-0.25, -0.2) is 13.1 Å². The van der Waals surface area contributed by atoms with Crippen LogP contribution in [0.2, 0.25) is 0 Å². The summed E-state index contributed by atoms with van der Waals surface area (Å²) in [5, 5.41) is 1.77. The minimum absolute atomic E-state index is 0.163. The summed E-state index contributed by atoms with van der Waals surface area (Å²) in [5.41, 5.74) is 0.163. The average molecular weight is 324 g/mol. The third-order valence-electron chi connectivity index (χ3n) is 3.08. The maximum Gasteiger partial charge on any atom is 0.251 e. The molecule has 1 aliphatic rings. The monoisotopic (exact) mass is 323 g/mol. The molecule has 90 valence electrons. The highest BCUT2D eigenvalue weighted by molar-refractivity contribution is 9.10. The summed E-state index contributed by atoms with van der Waals surface area (Å²) in [6.07, 6.45) is 3.43. The molecular formula is C10H14BrNO2S2. The van der Waals surface area contributed by atoms with E-state index in [9.17, 15) is 8.42 Å². The Morgan fingerprint density at radius 1 is 1.56 bits per heavy atom. The number of nitrogens with one attached hydrogen (secondary N) is 1. The van der Waals surface area contributed by atoms with E-state index in [2.05, 4.69) is 27.6 Å². The van der Waals surface area contributed by atoms with Gasteiger partial charge >= 0.3 is 0 Å². The molecule has 0 aromatic carbocycles. The van der Waals surface area contributed by atoms with E-state index < -0.39 is 10.0 Å². The fourth-order valence-electron chi connectivity index (χ4n) is 1.76. The Balaban J connectivity index is 2.06. The molecule has 1 heterocycles. The Morgan fingerprint density at radius 3 is 2.69 bits per heavy atom. The van der Waals surface area contributed by atoms with Crippen LogP contribution in [0.5, 0.6) is 0 Å². The lowest BCUT2D eigenvalue weighted by Gasteiger charge is -2.38. The number of hydrogen-bond donors (Lipinski definition) is 1. The van der Waals surface area contributed by atoms with E-state index in [-0.39, 0.29) is 5.41 Å². The van der Waals surface area contributed by atoms with Gasteiger partial charge in [-0.1, -0.05) is 13.3 Å². The molecule has 1 aromatic heterocycles. The van der Waals surface area contributed by atoms with Crippen LogP contribution in [0.25, 0.3) is 0 Å². The fraction of sp³-hybridized carbons (Fsp3) is 0.600. The van der Waals surface area contributed by atoms with Crippen molar-refractivity contribution in [3.8, 4) is 0 Å². The van der Waals surface area contributed by atoms with Crippen LogP contribution in [-0.2, 0) is 10.0 Å². The molecule has 0 amide bonds. The van der Waals surface area contributed by atoms with Crippen LogP contribution in [-0.4, -0.2) is 15.0 Å². The topological polar surface area (TPSA) is 46.2 Å². The molecule has 2 rings (SSSR count). The second-order valence-electron chi connectivity index (χ2n) is 4.54. The third-order valence-corrected chi connectivity index (χ3v) is 7.15. The highest BCUT2D eigenvalue weighted by Gasteiger charge is 2.33. The minimum atomic E-state index is -3.34. The van der Waals surface area contributed by atoms with Gasteiger partial charge in [-0.2, -0.15) is 0 Å². The number of thiophene rings is 1. The molecule has 3 nitrogen and oxygen atoms in total. The van der Waals surface area contributed by atoms with E-state index >= 15 is 0 Å². The maximum absolute atomic E-state index is 12.0. The van der Waals surface area contributed by atoms with Gasteiger partial charge in [0, 0.05) is 11.0 Å². The number of halogens is 1. The van der Waals surface area contributed by atoms with Crippen LogP contribution in [0, 0.1) is 5.41 Å². The summed E-state index contributed by atoms with van der Waals surface area (Å²) in [5.74, 6) is 0. The van der Waals surface area contributed by atoms with E-state index in [0.717, 1.165) is 12.8 Å². The highest BCUT2D eigenvalue weighted by atomic mass is 79.9. The molecule has 0 bridgehead atoms. The van der Waals surface area contributed by atoms with Gasteiger partial charge in [-0.15, -0.1) is 11.3 Å². The smallest absolute Gasteiger partial charge is 0.210 e. The summed E-state index contributed by atoms with van der Waals surface area (Å²) < 4.78 is 27.7. The molecule has 0 unspecified atom stereocenters. The van der Waals surface area contributed by atoms with Crippen molar-refractivity contribution in [2.24, 2.45) is 5.41 Å². The lowest BCUT2D eigenvalue weighted by atomic mass is 9.71. The van der Waals surface area contributed by atoms with E-state index in [1.165, 1.54) is 17.8 Å². The first-order valence-electron chi connectivity index (χ1n) is 5.16. The first kappa shape index (κ1) is 12.5. The van der Waals surface area contributed by atoms with Crippen molar-refractivity contribution < 1.29 is 8.42 Å². The molecule has 0 atom stereocenters. The zero-order chi connectivity index (χ0) is 11.8. The highest BCUT2D eigenvalue weighted by Crippen LogP contribution is 2.40. The lowest BCUT2D eigenvalue weighted by molar-refractivity contribution is 0.166. The molecule has 1 fully saturated rings. The van der Waals surface area contributed by atoms with Gasteiger partial charge in [0.1, 0.15) is 4.21 Å². The zero-order valence-corrected chi connectivity index (χ0v) is 12.2. The lowest BCUT2D eigenvalue weighted by Crippen LogP contribution is -2.39. The number of rotatable bonds is 4. The third kappa shape index (κ3) is 2.50. The van der Waals surface area contributed by atoms with Gasteiger partial charge < -0.3 is 0 Å². The van der Waals surface area contributed by atoms with Gasteiger partial charge in [0.15, 0.2) is 0 Å². The molecule has 1 aliphatic carbocycles. The Hall–Kier alpha value is 0.0900. The van der Waals surface area contributed by atoms with Crippen LogP contribution in [0.3, 0.4) is 0 Å². The Labute approximate surface area is 108 Å². The van der Waals surface area contributed by atoms with Crippen LogP contribution < -0.4 is 4.72 Å². The van der Waals surface area contributed by atoms with Crippen molar-refractivity contribution in [1.82, 2.24) is 4.72 Å². The van der Waals surface area contributed by atoms with Gasteiger partial charge in [0.25, 0.3) is 10.0 Å². The maximum atomic E-state index is 12.0. The predicted molar refractivity (Wildman–Crippen MR) is 69.2 cm³/mol. The molecule has 1 saturated carbocycles. The van der Waals surface area contributed by atoms with Crippen molar-refractivity contribution in [1.29, 1.82) is 0 Å². The van der Waals surface area contributed by atoms with Gasteiger partial charge in [0.2, 0.25) is 0 Å². The Kier molecular flexibility index (Phi) is 3.45. The molecule has 1 N–H and O–H groups in total. The second-order valence-corrected chi connectivity index (χ2v) is 8.28. The molecule has 0 spiro atoms. The van der Waals surface area contributed by atoms with Crippen molar-refractivity contribution in [3.63, 3.8) is 0 Å². The molecular weight excluding hydrogens is 310 g/mol. The van der Waals surface area contributed by atoms with Gasteiger partial charge in [-0.3, -0.25) is 0 Å². The normalized spacial score (nSPS) is 19.4. The number of hydrogen-bond acceptors (Lipinski definition) is 3.